The van der Waals surface area contributed by atoms with Crippen molar-refractivity contribution in [2.24, 2.45) is 0 Å². The Hall–Kier alpha value is -3.48. The Kier molecular flexibility index (Phi) is 6.07. The van der Waals surface area contributed by atoms with Crippen molar-refractivity contribution in [3.63, 3.8) is 0 Å². The lowest BCUT2D eigenvalue weighted by Crippen LogP contribution is -2.36. The van der Waals surface area contributed by atoms with Gasteiger partial charge in [0.1, 0.15) is 0 Å². The largest absolute Gasteiger partial charge is 0.449 e. The molecule has 3 rings (SSSR count). The monoisotopic (exact) mass is 394 g/mol. The van der Waals surface area contributed by atoms with Gasteiger partial charge in [0, 0.05) is 6.54 Å². The molecular weight excluding hydrogens is 372 g/mol. The summed E-state index contributed by atoms with van der Waals surface area (Å²) in [5.74, 6) is -1.98. The molecular formula is C22H22N2O5. The van der Waals surface area contributed by atoms with E-state index in [0.717, 1.165) is 16.9 Å². The number of imide groups is 1. The van der Waals surface area contributed by atoms with E-state index in [-0.39, 0.29) is 29.1 Å². The number of nitrogens with zero attached hydrogens (tertiary/aromatic N) is 1. The Morgan fingerprint density at radius 2 is 1.72 bits per heavy atom. The highest BCUT2D eigenvalue weighted by Crippen LogP contribution is 2.26. The van der Waals surface area contributed by atoms with Crippen molar-refractivity contribution in [3.8, 4) is 0 Å². The van der Waals surface area contributed by atoms with Crippen LogP contribution in [0.1, 0.15) is 56.9 Å². The van der Waals surface area contributed by atoms with Crippen LogP contribution in [0.2, 0.25) is 0 Å². The molecule has 0 saturated heterocycles. The highest BCUT2D eigenvalue weighted by atomic mass is 16.5. The second kappa shape index (κ2) is 8.68. The van der Waals surface area contributed by atoms with E-state index in [1.165, 1.54) is 25.1 Å². The van der Waals surface area contributed by atoms with Gasteiger partial charge in [-0.1, -0.05) is 37.3 Å². The van der Waals surface area contributed by atoms with Gasteiger partial charge in [-0.2, -0.15) is 0 Å². The number of amides is 3. The summed E-state index contributed by atoms with van der Waals surface area (Å²) in [4.78, 5) is 50.7. The van der Waals surface area contributed by atoms with Crippen LogP contribution in [0.15, 0.2) is 48.5 Å². The SMILES string of the molecule is CCCNC(=O)[C@H](C)OC(=O)c1ccc2c(c1)C(=O)N(Cc1ccccc1)C2=O. The van der Waals surface area contributed by atoms with Gasteiger partial charge < -0.3 is 10.1 Å². The number of hydrogen-bond donors (Lipinski definition) is 1. The molecule has 0 aromatic heterocycles. The van der Waals surface area contributed by atoms with Gasteiger partial charge >= 0.3 is 5.97 Å². The van der Waals surface area contributed by atoms with Crippen LogP contribution in [0.5, 0.6) is 0 Å². The Bertz CT molecular complexity index is 955. The zero-order valence-electron chi connectivity index (χ0n) is 16.3. The summed E-state index contributed by atoms with van der Waals surface area (Å²) in [6, 6.07) is 13.4. The van der Waals surface area contributed by atoms with Gasteiger partial charge in [0.05, 0.1) is 23.2 Å². The van der Waals surface area contributed by atoms with Crippen molar-refractivity contribution < 1.29 is 23.9 Å². The first kappa shape index (κ1) is 20.3. The maximum absolute atomic E-state index is 12.7. The van der Waals surface area contributed by atoms with Crippen LogP contribution in [0.25, 0.3) is 0 Å². The van der Waals surface area contributed by atoms with Gasteiger partial charge in [-0.15, -0.1) is 0 Å². The minimum absolute atomic E-state index is 0.113. The first-order valence-corrected chi connectivity index (χ1v) is 9.45. The summed E-state index contributed by atoms with van der Waals surface area (Å²) in [7, 11) is 0. The molecule has 1 atom stereocenters. The average Bonchev–Trinajstić information content (AvgIpc) is 2.97. The van der Waals surface area contributed by atoms with Gasteiger partial charge in [0.2, 0.25) is 0 Å². The molecule has 0 fully saturated rings. The maximum Gasteiger partial charge on any atom is 0.338 e. The fourth-order valence-electron chi connectivity index (χ4n) is 3.00. The molecule has 1 aliphatic rings. The van der Waals surface area contributed by atoms with Crippen molar-refractivity contribution in [2.75, 3.05) is 6.54 Å². The third-order valence-electron chi connectivity index (χ3n) is 4.59. The molecule has 1 N–H and O–H groups in total. The molecule has 7 nitrogen and oxygen atoms in total. The van der Waals surface area contributed by atoms with E-state index in [1.54, 1.807) is 0 Å². The fraction of sp³-hybridized carbons (Fsp3) is 0.273. The van der Waals surface area contributed by atoms with Crippen molar-refractivity contribution in [1.82, 2.24) is 10.2 Å². The third kappa shape index (κ3) is 4.34. The molecule has 29 heavy (non-hydrogen) atoms. The zero-order chi connectivity index (χ0) is 21.0. The van der Waals surface area contributed by atoms with Crippen LogP contribution in [0.4, 0.5) is 0 Å². The van der Waals surface area contributed by atoms with Gasteiger partial charge in [-0.25, -0.2) is 4.79 Å². The van der Waals surface area contributed by atoms with E-state index in [0.29, 0.717) is 6.54 Å². The lowest BCUT2D eigenvalue weighted by atomic mass is 10.1. The van der Waals surface area contributed by atoms with Gasteiger partial charge in [0.15, 0.2) is 6.10 Å². The highest BCUT2D eigenvalue weighted by molar-refractivity contribution is 6.21. The molecule has 7 heteroatoms. The zero-order valence-corrected chi connectivity index (χ0v) is 16.3. The van der Waals surface area contributed by atoms with Crippen LogP contribution in [-0.4, -0.2) is 41.2 Å². The molecule has 0 spiro atoms. The number of hydrogen-bond acceptors (Lipinski definition) is 5. The predicted octanol–water partition coefficient (Wildman–Crippen LogP) is 2.55. The molecule has 0 radical (unpaired) electrons. The predicted molar refractivity (Wildman–Crippen MR) is 105 cm³/mol. The summed E-state index contributed by atoms with van der Waals surface area (Å²) in [5.41, 5.74) is 1.34. The molecule has 0 aliphatic carbocycles. The average molecular weight is 394 g/mol. The Morgan fingerprint density at radius 3 is 2.41 bits per heavy atom. The first-order chi connectivity index (χ1) is 13.9. The number of benzene rings is 2. The van der Waals surface area contributed by atoms with Crippen molar-refractivity contribution in [3.05, 3.63) is 70.8 Å². The minimum Gasteiger partial charge on any atom is -0.449 e. The molecule has 2 aromatic rings. The van der Waals surface area contributed by atoms with Crippen LogP contribution in [0.3, 0.4) is 0 Å². The molecule has 0 bridgehead atoms. The van der Waals surface area contributed by atoms with Gasteiger partial charge in [-0.3, -0.25) is 19.3 Å². The van der Waals surface area contributed by atoms with E-state index in [1.807, 2.05) is 37.3 Å². The number of esters is 1. The Balaban J connectivity index is 1.74. The van der Waals surface area contributed by atoms with E-state index < -0.39 is 23.9 Å². The van der Waals surface area contributed by atoms with Crippen LogP contribution >= 0.6 is 0 Å². The standard InChI is InChI=1S/C22H22N2O5/c1-3-11-23-19(25)14(2)29-22(28)16-9-10-17-18(12-16)21(27)24(20(17)26)13-15-7-5-4-6-8-15/h4-10,12,14H,3,11,13H2,1-2H3,(H,23,25)/t14-/m0/s1. The quantitative estimate of drug-likeness (QED) is 0.575. The molecule has 0 saturated carbocycles. The number of nitrogens with one attached hydrogen (secondary N) is 1. The molecule has 2 aromatic carbocycles. The summed E-state index contributed by atoms with van der Waals surface area (Å²) < 4.78 is 5.18. The summed E-state index contributed by atoms with van der Waals surface area (Å²) in [5, 5.41) is 2.65. The van der Waals surface area contributed by atoms with Gasteiger partial charge in [-0.05, 0) is 37.1 Å². The van der Waals surface area contributed by atoms with E-state index in [9.17, 15) is 19.2 Å². The van der Waals surface area contributed by atoms with Crippen LogP contribution < -0.4 is 5.32 Å². The van der Waals surface area contributed by atoms with E-state index in [2.05, 4.69) is 5.32 Å². The summed E-state index contributed by atoms with van der Waals surface area (Å²) in [6.07, 6.45) is -0.193. The smallest absolute Gasteiger partial charge is 0.338 e. The molecule has 0 unspecified atom stereocenters. The number of ether oxygens (including phenoxy) is 1. The second-order valence-electron chi connectivity index (χ2n) is 6.78. The van der Waals surface area contributed by atoms with Crippen molar-refractivity contribution >= 4 is 23.7 Å². The third-order valence-corrected chi connectivity index (χ3v) is 4.59. The van der Waals surface area contributed by atoms with Crippen molar-refractivity contribution in [1.29, 1.82) is 0 Å². The van der Waals surface area contributed by atoms with Crippen LogP contribution in [0, 0.1) is 0 Å². The number of fused-ring (bicyclic) bond motifs is 1. The number of carbonyl (C=O) groups is 4. The minimum atomic E-state index is -0.964. The van der Waals surface area contributed by atoms with E-state index in [4.69, 9.17) is 4.74 Å². The number of carbonyl (C=O) groups excluding carboxylic acids is 4. The Labute approximate surface area is 168 Å². The number of rotatable bonds is 7. The van der Waals surface area contributed by atoms with Crippen LogP contribution in [-0.2, 0) is 16.1 Å². The molecule has 150 valence electrons. The first-order valence-electron chi connectivity index (χ1n) is 9.45. The lowest BCUT2D eigenvalue weighted by Gasteiger charge is -2.13. The fourth-order valence-corrected chi connectivity index (χ4v) is 3.00. The lowest BCUT2D eigenvalue weighted by molar-refractivity contribution is -0.129. The Morgan fingerprint density at radius 1 is 1.03 bits per heavy atom. The van der Waals surface area contributed by atoms with Crippen molar-refractivity contribution in [2.45, 2.75) is 32.9 Å². The topological polar surface area (TPSA) is 92.8 Å². The summed E-state index contributed by atoms with van der Waals surface area (Å²) in [6.45, 7) is 4.04. The molecule has 3 amide bonds. The summed E-state index contributed by atoms with van der Waals surface area (Å²) >= 11 is 0. The van der Waals surface area contributed by atoms with E-state index >= 15 is 0 Å². The molecule has 1 aliphatic heterocycles. The maximum atomic E-state index is 12.7. The molecule has 1 heterocycles. The second-order valence-corrected chi connectivity index (χ2v) is 6.78. The normalized spacial score (nSPS) is 13.8. The highest BCUT2D eigenvalue weighted by Gasteiger charge is 2.36. The van der Waals surface area contributed by atoms with Gasteiger partial charge in [0.25, 0.3) is 17.7 Å².